The van der Waals surface area contributed by atoms with Crippen LogP contribution < -0.4 is 5.32 Å². The largest absolute Gasteiger partial charge is 0.319 e. The first kappa shape index (κ1) is 15.1. The molecule has 0 bridgehead atoms. The van der Waals surface area contributed by atoms with E-state index in [9.17, 15) is 12.8 Å². The lowest BCUT2D eigenvalue weighted by Crippen LogP contribution is -2.23. The maximum Gasteiger partial charge on any atom is 0.147 e. The summed E-state index contributed by atoms with van der Waals surface area (Å²) in [4.78, 5) is 0. The summed E-state index contributed by atoms with van der Waals surface area (Å²) < 4.78 is 35.1. The minimum Gasteiger partial charge on any atom is -0.319 e. The van der Waals surface area contributed by atoms with Gasteiger partial charge in [-0.05, 0) is 50.0 Å². The minimum atomic E-state index is -2.92. The van der Waals surface area contributed by atoms with Gasteiger partial charge in [0, 0.05) is 6.26 Å². The Hall–Kier alpha value is -0.940. The van der Waals surface area contributed by atoms with Gasteiger partial charge >= 0.3 is 0 Å². The first-order valence-corrected chi connectivity index (χ1v) is 8.03. The van der Waals surface area contributed by atoms with Crippen LogP contribution in [0.2, 0.25) is 0 Å². The molecule has 0 saturated carbocycles. The van der Waals surface area contributed by atoms with Gasteiger partial charge < -0.3 is 5.32 Å². The Labute approximate surface area is 108 Å². The molecule has 0 radical (unpaired) electrons. The van der Waals surface area contributed by atoms with Crippen LogP contribution in [-0.4, -0.2) is 34.0 Å². The summed E-state index contributed by atoms with van der Waals surface area (Å²) >= 11 is 0. The van der Waals surface area contributed by atoms with E-state index in [1.165, 1.54) is 18.4 Å². The van der Waals surface area contributed by atoms with E-state index in [1.807, 2.05) is 7.05 Å². The second-order valence-electron chi connectivity index (χ2n) is 4.67. The zero-order valence-corrected chi connectivity index (χ0v) is 11.6. The maximum absolute atomic E-state index is 12.8. The Morgan fingerprint density at radius 1 is 1.28 bits per heavy atom. The molecular formula is C13H20FNO2S. The fourth-order valence-corrected chi connectivity index (χ4v) is 2.66. The summed E-state index contributed by atoms with van der Waals surface area (Å²) in [5.74, 6) is 0.191. The molecule has 5 heteroatoms. The molecule has 18 heavy (non-hydrogen) atoms. The number of sulfone groups is 1. The van der Waals surface area contributed by atoms with E-state index < -0.39 is 9.84 Å². The van der Waals surface area contributed by atoms with E-state index in [1.54, 1.807) is 12.1 Å². The molecule has 1 aromatic carbocycles. The first-order chi connectivity index (χ1) is 8.40. The van der Waals surface area contributed by atoms with Crippen molar-refractivity contribution in [1.82, 2.24) is 5.32 Å². The molecule has 0 aliphatic carbocycles. The molecule has 0 saturated heterocycles. The third-order valence-corrected chi connectivity index (χ3v) is 3.80. The average molecular weight is 273 g/mol. The molecular weight excluding hydrogens is 253 g/mol. The van der Waals surface area contributed by atoms with Crippen molar-refractivity contribution < 1.29 is 12.8 Å². The smallest absolute Gasteiger partial charge is 0.147 e. The zero-order valence-electron chi connectivity index (χ0n) is 10.8. The average Bonchev–Trinajstić information content (AvgIpc) is 2.28. The number of hydrogen-bond donors (Lipinski definition) is 1. The van der Waals surface area contributed by atoms with E-state index in [0.29, 0.717) is 6.42 Å². The predicted molar refractivity (Wildman–Crippen MR) is 71.8 cm³/mol. The summed E-state index contributed by atoms with van der Waals surface area (Å²) in [6, 6.07) is 6.36. The van der Waals surface area contributed by atoms with Gasteiger partial charge in [-0.2, -0.15) is 0 Å². The van der Waals surface area contributed by atoms with Gasteiger partial charge in [-0.1, -0.05) is 12.1 Å². The lowest BCUT2D eigenvalue weighted by atomic mass is 9.97. The summed E-state index contributed by atoms with van der Waals surface area (Å²) in [7, 11) is -1.08. The van der Waals surface area contributed by atoms with Crippen LogP contribution in [0.15, 0.2) is 24.3 Å². The Balaban J connectivity index is 2.59. The molecule has 102 valence electrons. The summed E-state index contributed by atoms with van der Waals surface area (Å²) in [6.07, 6.45) is 2.63. The molecule has 0 spiro atoms. The standard InChI is InChI=1S/C13H20FNO2S/c1-15-10-12(7-8-18(2,16)17)9-11-3-5-13(14)6-4-11/h3-6,12,15H,7-10H2,1-2H3. The van der Waals surface area contributed by atoms with Crippen LogP contribution in [0.5, 0.6) is 0 Å². The van der Waals surface area contributed by atoms with Crippen LogP contribution in [0, 0.1) is 11.7 Å². The fourth-order valence-electron chi connectivity index (χ4n) is 1.90. The van der Waals surface area contributed by atoms with Gasteiger partial charge in [0.1, 0.15) is 15.7 Å². The highest BCUT2D eigenvalue weighted by Gasteiger charge is 2.12. The van der Waals surface area contributed by atoms with Crippen LogP contribution in [0.25, 0.3) is 0 Å². The van der Waals surface area contributed by atoms with E-state index >= 15 is 0 Å². The van der Waals surface area contributed by atoms with Crippen molar-refractivity contribution in [1.29, 1.82) is 0 Å². The molecule has 0 heterocycles. The Morgan fingerprint density at radius 3 is 2.39 bits per heavy atom. The van der Waals surface area contributed by atoms with Crippen molar-refractivity contribution in [2.75, 3.05) is 25.6 Å². The van der Waals surface area contributed by atoms with Crippen LogP contribution >= 0.6 is 0 Å². The molecule has 1 N–H and O–H groups in total. The highest BCUT2D eigenvalue weighted by atomic mass is 32.2. The number of nitrogens with one attached hydrogen (secondary N) is 1. The van der Waals surface area contributed by atoms with Crippen molar-refractivity contribution in [3.63, 3.8) is 0 Å². The Bertz CT molecular complexity index is 456. The number of halogens is 1. The lowest BCUT2D eigenvalue weighted by Gasteiger charge is -2.16. The molecule has 1 unspecified atom stereocenters. The van der Waals surface area contributed by atoms with Gasteiger partial charge in [0.05, 0.1) is 5.75 Å². The Kier molecular flexibility index (Phi) is 5.75. The van der Waals surface area contributed by atoms with Gasteiger partial charge in [0.15, 0.2) is 0 Å². The van der Waals surface area contributed by atoms with Gasteiger partial charge in [0.2, 0.25) is 0 Å². The highest BCUT2D eigenvalue weighted by Crippen LogP contribution is 2.13. The topological polar surface area (TPSA) is 46.2 Å². The predicted octanol–water partition coefficient (Wildman–Crippen LogP) is 1.64. The molecule has 0 aliphatic rings. The maximum atomic E-state index is 12.8. The third kappa shape index (κ3) is 6.12. The quantitative estimate of drug-likeness (QED) is 0.821. The molecule has 1 rings (SSSR count). The zero-order chi connectivity index (χ0) is 13.6. The van der Waals surface area contributed by atoms with E-state index in [2.05, 4.69) is 5.32 Å². The van der Waals surface area contributed by atoms with Crippen LogP contribution in [0.1, 0.15) is 12.0 Å². The lowest BCUT2D eigenvalue weighted by molar-refractivity contribution is 0.478. The third-order valence-electron chi connectivity index (χ3n) is 2.83. The first-order valence-electron chi connectivity index (χ1n) is 5.97. The normalized spacial score (nSPS) is 13.5. The number of hydrogen-bond acceptors (Lipinski definition) is 3. The monoisotopic (exact) mass is 273 g/mol. The molecule has 1 aromatic rings. The summed E-state index contributed by atoms with van der Waals surface area (Å²) in [5.41, 5.74) is 1.03. The van der Waals surface area contributed by atoms with Gasteiger partial charge in [0.25, 0.3) is 0 Å². The van der Waals surface area contributed by atoms with Crippen LogP contribution in [0.4, 0.5) is 4.39 Å². The van der Waals surface area contributed by atoms with Gasteiger partial charge in [-0.3, -0.25) is 0 Å². The Morgan fingerprint density at radius 2 is 1.89 bits per heavy atom. The fraction of sp³-hybridized carbons (Fsp3) is 0.538. The minimum absolute atomic E-state index is 0.195. The molecule has 1 atom stereocenters. The molecule has 0 aliphatic heterocycles. The van der Waals surface area contributed by atoms with Crippen molar-refractivity contribution in [2.24, 2.45) is 5.92 Å². The van der Waals surface area contributed by atoms with E-state index in [0.717, 1.165) is 18.5 Å². The number of rotatable bonds is 7. The SMILES string of the molecule is CNCC(CCS(C)(=O)=O)Cc1ccc(F)cc1. The van der Waals surface area contributed by atoms with Gasteiger partial charge in [-0.25, -0.2) is 12.8 Å². The van der Waals surface area contributed by atoms with Crippen LogP contribution in [0.3, 0.4) is 0 Å². The van der Waals surface area contributed by atoms with Crippen molar-refractivity contribution in [3.8, 4) is 0 Å². The molecule has 0 aromatic heterocycles. The summed E-state index contributed by atoms with van der Waals surface area (Å²) in [6.45, 7) is 0.757. The number of benzene rings is 1. The highest BCUT2D eigenvalue weighted by molar-refractivity contribution is 7.90. The molecule has 0 fully saturated rings. The van der Waals surface area contributed by atoms with Crippen molar-refractivity contribution in [3.05, 3.63) is 35.6 Å². The van der Waals surface area contributed by atoms with E-state index in [4.69, 9.17) is 0 Å². The van der Waals surface area contributed by atoms with Crippen molar-refractivity contribution >= 4 is 9.84 Å². The van der Waals surface area contributed by atoms with Crippen molar-refractivity contribution in [2.45, 2.75) is 12.8 Å². The second kappa shape index (κ2) is 6.85. The van der Waals surface area contributed by atoms with Gasteiger partial charge in [-0.15, -0.1) is 0 Å². The van der Waals surface area contributed by atoms with Crippen LogP contribution in [-0.2, 0) is 16.3 Å². The molecule has 0 amide bonds. The summed E-state index contributed by atoms with van der Waals surface area (Å²) in [5, 5.41) is 3.07. The molecule has 3 nitrogen and oxygen atoms in total. The second-order valence-corrected chi connectivity index (χ2v) is 6.93. The van der Waals surface area contributed by atoms with E-state index in [-0.39, 0.29) is 17.5 Å².